The highest BCUT2D eigenvalue weighted by atomic mass is 35.5. The zero-order valence-electron chi connectivity index (χ0n) is 9.62. The topological polar surface area (TPSA) is 89.8 Å². The first kappa shape index (κ1) is 12.8. The van der Waals surface area contributed by atoms with Crippen LogP contribution in [0.1, 0.15) is 5.82 Å². The molecule has 0 aromatic carbocycles. The molecule has 0 aliphatic rings. The van der Waals surface area contributed by atoms with E-state index in [2.05, 4.69) is 19.7 Å². The number of nitrogens with one attached hydrogen (secondary N) is 1. The molecule has 0 unspecified atom stereocenters. The lowest BCUT2D eigenvalue weighted by molar-refractivity contribution is 0.597. The average Bonchev–Trinajstić information content (AvgIpc) is 2.59. The molecule has 0 saturated heterocycles. The first-order chi connectivity index (χ1) is 8.38. The number of imidazole rings is 1. The van der Waals surface area contributed by atoms with E-state index in [0.717, 1.165) is 0 Å². The van der Waals surface area contributed by atoms with Crippen LogP contribution < -0.4 is 4.72 Å². The number of anilines is 1. The van der Waals surface area contributed by atoms with E-state index in [1.807, 2.05) is 0 Å². The maximum atomic E-state index is 12.0. The molecule has 2 heterocycles. The minimum atomic E-state index is -3.80. The lowest BCUT2D eigenvalue weighted by Crippen LogP contribution is -2.15. The summed E-state index contributed by atoms with van der Waals surface area (Å²) in [6, 6.07) is 1.45. The fraction of sp³-hybridized carbons (Fsp3) is 0.222. The van der Waals surface area contributed by atoms with Crippen molar-refractivity contribution in [1.82, 2.24) is 19.5 Å². The highest BCUT2D eigenvalue weighted by Crippen LogP contribution is 2.13. The molecule has 0 aliphatic carbocycles. The summed E-state index contributed by atoms with van der Waals surface area (Å²) >= 11 is 5.64. The Morgan fingerprint density at radius 2 is 2.11 bits per heavy atom. The van der Waals surface area contributed by atoms with Crippen LogP contribution in [0.15, 0.2) is 23.5 Å². The molecule has 0 atom stereocenters. The number of hydrogen-bond donors (Lipinski definition) is 1. The number of sulfonamides is 1. The van der Waals surface area contributed by atoms with Crippen molar-refractivity contribution in [2.24, 2.45) is 7.05 Å². The van der Waals surface area contributed by atoms with E-state index in [0.29, 0.717) is 5.82 Å². The molecule has 2 rings (SSSR count). The number of rotatable bonds is 3. The Hall–Kier alpha value is -1.67. The monoisotopic (exact) mass is 287 g/mol. The normalized spacial score (nSPS) is 11.5. The van der Waals surface area contributed by atoms with E-state index in [1.54, 1.807) is 18.5 Å². The summed E-state index contributed by atoms with van der Waals surface area (Å²) in [5, 5.41) is 0.0611. The molecule has 0 aliphatic heterocycles. The summed E-state index contributed by atoms with van der Waals surface area (Å²) in [6.07, 6.45) is 2.76. The van der Waals surface area contributed by atoms with Crippen LogP contribution in [0.25, 0.3) is 0 Å². The molecule has 7 nitrogen and oxygen atoms in total. The third-order valence-electron chi connectivity index (χ3n) is 2.21. The fourth-order valence-electron chi connectivity index (χ4n) is 1.21. The van der Waals surface area contributed by atoms with Gasteiger partial charge in [0.05, 0.1) is 0 Å². The lowest BCUT2D eigenvalue weighted by Gasteiger charge is -2.03. The van der Waals surface area contributed by atoms with Crippen LogP contribution in [-0.2, 0) is 17.1 Å². The summed E-state index contributed by atoms with van der Waals surface area (Å²) in [6.45, 7) is 1.70. The molecule has 9 heteroatoms. The molecule has 96 valence electrons. The zero-order chi connectivity index (χ0) is 13.3. The van der Waals surface area contributed by atoms with Crippen molar-refractivity contribution < 1.29 is 8.42 Å². The van der Waals surface area contributed by atoms with Crippen LogP contribution in [0, 0.1) is 6.92 Å². The molecule has 2 aromatic rings. The van der Waals surface area contributed by atoms with Crippen LogP contribution in [0.5, 0.6) is 0 Å². The van der Waals surface area contributed by atoms with Crippen molar-refractivity contribution >= 4 is 27.6 Å². The lowest BCUT2D eigenvalue weighted by atomic mass is 10.7. The van der Waals surface area contributed by atoms with E-state index in [9.17, 15) is 8.42 Å². The molecule has 18 heavy (non-hydrogen) atoms. The first-order valence-corrected chi connectivity index (χ1v) is 6.76. The van der Waals surface area contributed by atoms with Crippen LogP contribution in [0.4, 0.5) is 5.95 Å². The van der Waals surface area contributed by atoms with Crippen LogP contribution in [-0.4, -0.2) is 27.9 Å². The first-order valence-electron chi connectivity index (χ1n) is 4.90. The smallest absolute Gasteiger partial charge is 0.283 e. The minimum absolute atomic E-state index is 0.0916. The van der Waals surface area contributed by atoms with Gasteiger partial charge >= 0.3 is 0 Å². The Morgan fingerprint density at radius 3 is 2.67 bits per heavy atom. The maximum absolute atomic E-state index is 12.0. The van der Waals surface area contributed by atoms with E-state index in [-0.39, 0.29) is 16.1 Å². The highest BCUT2D eigenvalue weighted by molar-refractivity contribution is 7.92. The Labute approximate surface area is 109 Å². The maximum Gasteiger partial charge on any atom is 0.283 e. The predicted octanol–water partition coefficient (Wildman–Crippen LogP) is 0.973. The minimum Gasteiger partial charge on any atom is -0.337 e. The third kappa shape index (κ3) is 2.59. The number of aryl methyl sites for hydroxylation is 2. The van der Waals surface area contributed by atoms with E-state index in [4.69, 9.17) is 11.6 Å². The number of hydrogen-bond acceptors (Lipinski definition) is 5. The van der Waals surface area contributed by atoms with Crippen LogP contribution in [0.2, 0.25) is 5.15 Å². The molecular weight excluding hydrogens is 278 g/mol. The molecule has 0 fully saturated rings. The Balaban J connectivity index is 2.33. The van der Waals surface area contributed by atoms with Gasteiger partial charge in [0.15, 0.2) is 5.03 Å². The van der Waals surface area contributed by atoms with E-state index >= 15 is 0 Å². The summed E-state index contributed by atoms with van der Waals surface area (Å²) in [5.41, 5.74) is 0. The number of nitrogens with zero attached hydrogens (tertiary/aromatic N) is 4. The molecule has 0 saturated carbocycles. The summed E-state index contributed by atoms with van der Waals surface area (Å²) in [4.78, 5) is 11.4. The predicted molar refractivity (Wildman–Crippen MR) is 65.8 cm³/mol. The van der Waals surface area contributed by atoms with Gasteiger partial charge in [-0.25, -0.2) is 19.7 Å². The largest absolute Gasteiger partial charge is 0.337 e. The molecular formula is C9H10ClN5O2S. The van der Waals surface area contributed by atoms with Crippen molar-refractivity contribution in [2.45, 2.75) is 11.9 Å². The number of halogens is 1. The van der Waals surface area contributed by atoms with Gasteiger partial charge < -0.3 is 4.57 Å². The van der Waals surface area contributed by atoms with Crippen LogP contribution in [0.3, 0.4) is 0 Å². The Kier molecular flexibility index (Phi) is 3.22. The van der Waals surface area contributed by atoms with Gasteiger partial charge in [0, 0.05) is 19.4 Å². The summed E-state index contributed by atoms with van der Waals surface area (Å²) in [7, 11) is -2.09. The van der Waals surface area contributed by atoms with Crippen molar-refractivity contribution in [2.75, 3.05) is 4.72 Å². The van der Waals surface area contributed by atoms with Gasteiger partial charge in [-0.3, -0.25) is 0 Å². The van der Waals surface area contributed by atoms with Gasteiger partial charge in [0.25, 0.3) is 10.0 Å². The second-order valence-electron chi connectivity index (χ2n) is 3.55. The van der Waals surface area contributed by atoms with E-state index < -0.39 is 10.0 Å². The second-order valence-corrected chi connectivity index (χ2v) is 5.56. The van der Waals surface area contributed by atoms with Gasteiger partial charge in [0.1, 0.15) is 11.0 Å². The highest BCUT2D eigenvalue weighted by Gasteiger charge is 2.19. The average molecular weight is 288 g/mol. The molecule has 2 aromatic heterocycles. The molecule has 0 bridgehead atoms. The SMILES string of the molecule is Cc1nc(S(=O)(=O)Nc2nccc(Cl)n2)cn1C. The molecule has 0 amide bonds. The van der Waals surface area contributed by atoms with E-state index in [1.165, 1.54) is 18.5 Å². The molecule has 0 spiro atoms. The second kappa shape index (κ2) is 4.54. The third-order valence-corrected chi connectivity index (χ3v) is 3.62. The quantitative estimate of drug-likeness (QED) is 0.850. The Bertz CT molecular complexity index is 663. The standard InChI is InChI=1S/C9H10ClN5O2S/c1-6-12-8(5-15(6)2)18(16,17)14-9-11-4-3-7(10)13-9/h3-5H,1-2H3,(H,11,13,14). The van der Waals surface area contributed by atoms with Gasteiger partial charge in [-0.2, -0.15) is 8.42 Å². The molecule has 1 N–H and O–H groups in total. The van der Waals surface area contributed by atoms with Crippen molar-refractivity contribution in [3.63, 3.8) is 0 Å². The summed E-state index contributed by atoms with van der Waals surface area (Å²) < 4.78 is 27.7. The van der Waals surface area contributed by atoms with Gasteiger partial charge in [-0.15, -0.1) is 0 Å². The number of aromatic nitrogens is 4. The Morgan fingerprint density at radius 1 is 1.39 bits per heavy atom. The summed E-state index contributed by atoms with van der Waals surface area (Å²) in [5.74, 6) is 0.494. The van der Waals surface area contributed by atoms with Crippen molar-refractivity contribution in [3.05, 3.63) is 29.4 Å². The van der Waals surface area contributed by atoms with Gasteiger partial charge in [0.2, 0.25) is 5.95 Å². The van der Waals surface area contributed by atoms with Gasteiger partial charge in [-0.1, -0.05) is 11.6 Å². The zero-order valence-corrected chi connectivity index (χ0v) is 11.2. The molecule has 0 radical (unpaired) electrons. The fourth-order valence-corrected chi connectivity index (χ4v) is 2.34. The van der Waals surface area contributed by atoms with Crippen LogP contribution >= 0.6 is 11.6 Å². The van der Waals surface area contributed by atoms with Crippen molar-refractivity contribution in [3.8, 4) is 0 Å². The van der Waals surface area contributed by atoms with Crippen molar-refractivity contribution in [1.29, 1.82) is 0 Å². The van der Waals surface area contributed by atoms with Gasteiger partial charge in [-0.05, 0) is 13.0 Å².